The number of aryl methyl sites for hydroxylation is 2. The zero-order valence-corrected chi connectivity index (χ0v) is 22.2. The van der Waals surface area contributed by atoms with E-state index in [1.54, 1.807) is 6.33 Å². The van der Waals surface area contributed by atoms with Crippen molar-refractivity contribution in [3.63, 3.8) is 0 Å². The first-order valence-electron chi connectivity index (χ1n) is 13.2. The lowest BCUT2D eigenvalue weighted by molar-refractivity contribution is 0.0144. The van der Waals surface area contributed by atoms with Crippen molar-refractivity contribution in [3.8, 4) is 0 Å². The Hall–Kier alpha value is -2.31. The Kier molecular flexibility index (Phi) is 8.23. The number of rotatable bonds is 6. The lowest BCUT2D eigenvalue weighted by atomic mass is 9.86. The Morgan fingerprint density at radius 2 is 1.63 bits per heavy atom. The van der Waals surface area contributed by atoms with Crippen LogP contribution in [0.15, 0.2) is 30.6 Å². The van der Waals surface area contributed by atoms with Crippen LogP contribution in [-0.4, -0.2) is 71.1 Å². The summed E-state index contributed by atoms with van der Waals surface area (Å²) in [5.41, 5.74) is 5.26. The van der Waals surface area contributed by atoms with Crippen LogP contribution in [0.5, 0.6) is 0 Å². The summed E-state index contributed by atoms with van der Waals surface area (Å²) in [6.07, 6.45) is 7.97. The fraction of sp³-hybridized carbons (Fsp3) is 0.621. The number of piperidine rings is 2. The number of hydrogen-bond acceptors (Lipinski definition) is 5. The lowest BCUT2D eigenvalue weighted by Gasteiger charge is -2.41. The van der Waals surface area contributed by atoms with Crippen LogP contribution in [-0.2, 0) is 23.0 Å². The van der Waals surface area contributed by atoms with Gasteiger partial charge in [-0.2, -0.15) is 0 Å². The fourth-order valence-corrected chi connectivity index (χ4v) is 5.45. The number of methoxy groups -OCH3 is 1. The number of carbonyl (C=O) groups is 1. The molecule has 2 aliphatic rings. The van der Waals surface area contributed by atoms with E-state index in [2.05, 4.69) is 59.9 Å². The number of nitrogens with zero attached hydrogens (tertiary/aromatic N) is 4. The molecule has 2 fully saturated rings. The Morgan fingerprint density at radius 1 is 0.971 bits per heavy atom. The zero-order chi connectivity index (χ0) is 25.0. The van der Waals surface area contributed by atoms with Crippen LogP contribution in [0.1, 0.15) is 79.3 Å². The van der Waals surface area contributed by atoms with Crippen LogP contribution >= 0.6 is 0 Å². The second kappa shape index (κ2) is 11.2. The van der Waals surface area contributed by atoms with Crippen LogP contribution in [0, 0.1) is 6.92 Å². The van der Waals surface area contributed by atoms with Gasteiger partial charge >= 0.3 is 0 Å². The second-order valence-corrected chi connectivity index (χ2v) is 11.2. The first kappa shape index (κ1) is 25.8. The summed E-state index contributed by atoms with van der Waals surface area (Å²) in [7, 11) is 1.81. The zero-order valence-electron chi connectivity index (χ0n) is 22.2. The molecule has 0 aliphatic carbocycles. The van der Waals surface area contributed by atoms with Gasteiger partial charge in [0, 0.05) is 50.6 Å². The van der Waals surface area contributed by atoms with Crippen molar-refractivity contribution in [1.82, 2.24) is 19.8 Å². The molecule has 0 atom stereocenters. The molecule has 190 valence electrons. The number of aromatic nitrogens is 2. The minimum absolute atomic E-state index is 0.0530. The van der Waals surface area contributed by atoms with E-state index in [1.807, 2.05) is 18.9 Å². The van der Waals surface area contributed by atoms with Gasteiger partial charge in [0.05, 0.1) is 6.10 Å². The molecule has 0 spiro atoms. The van der Waals surface area contributed by atoms with Gasteiger partial charge in [-0.25, -0.2) is 9.97 Å². The molecule has 35 heavy (non-hydrogen) atoms. The van der Waals surface area contributed by atoms with E-state index in [1.165, 1.54) is 11.1 Å². The predicted octanol–water partition coefficient (Wildman–Crippen LogP) is 4.58. The lowest BCUT2D eigenvalue weighted by Crippen LogP contribution is -2.49. The molecule has 0 unspecified atom stereocenters. The average molecular weight is 479 g/mol. The van der Waals surface area contributed by atoms with Crippen molar-refractivity contribution in [2.24, 2.45) is 0 Å². The SMILES string of the molecule is COC1CCN(C2CCN(C(=O)c3ncnc(CCc4ccc(C(C)(C)C)cc4)c3C)CC2)CC1. The fourth-order valence-electron chi connectivity index (χ4n) is 5.45. The molecule has 2 aromatic rings. The molecule has 3 heterocycles. The molecule has 2 aliphatic heterocycles. The topological polar surface area (TPSA) is 58.6 Å². The molecule has 2 saturated heterocycles. The molecule has 0 N–H and O–H groups in total. The highest BCUT2D eigenvalue weighted by Crippen LogP contribution is 2.25. The third-order valence-electron chi connectivity index (χ3n) is 7.94. The first-order valence-corrected chi connectivity index (χ1v) is 13.2. The molecule has 1 aromatic heterocycles. The van der Waals surface area contributed by atoms with Crippen LogP contribution < -0.4 is 0 Å². The Labute approximate surface area is 211 Å². The van der Waals surface area contributed by atoms with Gasteiger partial charge in [0.15, 0.2) is 0 Å². The van der Waals surface area contributed by atoms with Gasteiger partial charge in [-0.15, -0.1) is 0 Å². The van der Waals surface area contributed by atoms with Crippen LogP contribution in [0.4, 0.5) is 0 Å². The summed E-state index contributed by atoms with van der Waals surface area (Å²) in [5.74, 6) is 0.0530. The van der Waals surface area contributed by atoms with Crippen molar-refractivity contribution < 1.29 is 9.53 Å². The standard InChI is InChI=1S/C29H42N4O2/c1-21-26(11-8-22-6-9-23(10-7-22)29(2,3)4)30-20-31-27(21)28(34)33-16-12-24(13-17-33)32-18-14-25(35-5)15-19-32/h6-7,9-10,20,24-25H,8,11-19H2,1-5H3. The first-order chi connectivity index (χ1) is 16.8. The number of benzene rings is 1. The maximum atomic E-state index is 13.3. The van der Waals surface area contributed by atoms with Gasteiger partial charge in [-0.3, -0.25) is 4.79 Å². The van der Waals surface area contributed by atoms with E-state index < -0.39 is 0 Å². The third-order valence-corrected chi connectivity index (χ3v) is 7.94. The van der Waals surface area contributed by atoms with Crippen molar-refractivity contribution in [2.45, 2.75) is 83.8 Å². The quantitative estimate of drug-likeness (QED) is 0.608. The van der Waals surface area contributed by atoms with Crippen molar-refractivity contribution in [2.75, 3.05) is 33.3 Å². The Balaban J connectivity index is 1.33. The monoisotopic (exact) mass is 478 g/mol. The molecule has 4 rings (SSSR count). The largest absolute Gasteiger partial charge is 0.381 e. The highest BCUT2D eigenvalue weighted by molar-refractivity contribution is 5.93. The van der Waals surface area contributed by atoms with Crippen LogP contribution in [0.25, 0.3) is 0 Å². The van der Waals surface area contributed by atoms with Gasteiger partial charge < -0.3 is 14.5 Å². The summed E-state index contributed by atoms with van der Waals surface area (Å²) >= 11 is 0. The van der Waals surface area contributed by atoms with Gasteiger partial charge in [-0.05, 0) is 62.0 Å². The van der Waals surface area contributed by atoms with Gasteiger partial charge in [0.1, 0.15) is 12.0 Å². The normalized spacial score (nSPS) is 18.7. The third kappa shape index (κ3) is 6.28. The highest BCUT2D eigenvalue weighted by atomic mass is 16.5. The molecular formula is C29H42N4O2. The summed E-state index contributed by atoms with van der Waals surface area (Å²) in [6.45, 7) is 12.5. The van der Waals surface area contributed by atoms with E-state index in [4.69, 9.17) is 4.74 Å². The summed E-state index contributed by atoms with van der Waals surface area (Å²) in [5, 5.41) is 0. The average Bonchev–Trinajstić information content (AvgIpc) is 2.87. The minimum atomic E-state index is 0.0530. The second-order valence-electron chi connectivity index (χ2n) is 11.2. The summed E-state index contributed by atoms with van der Waals surface area (Å²) < 4.78 is 5.51. The highest BCUT2D eigenvalue weighted by Gasteiger charge is 2.31. The molecular weight excluding hydrogens is 436 g/mol. The minimum Gasteiger partial charge on any atom is -0.381 e. The molecule has 0 bridgehead atoms. The smallest absolute Gasteiger partial charge is 0.272 e. The van der Waals surface area contributed by atoms with Gasteiger partial charge in [0.25, 0.3) is 5.91 Å². The van der Waals surface area contributed by atoms with E-state index in [9.17, 15) is 4.79 Å². The summed E-state index contributed by atoms with van der Waals surface area (Å²) in [4.78, 5) is 26.9. The van der Waals surface area contributed by atoms with Crippen LogP contribution in [0.2, 0.25) is 0 Å². The number of ether oxygens (including phenoxy) is 1. The van der Waals surface area contributed by atoms with Crippen molar-refractivity contribution >= 4 is 5.91 Å². The molecule has 1 amide bonds. The maximum Gasteiger partial charge on any atom is 0.272 e. The number of likely N-dealkylation sites (tertiary alicyclic amines) is 2. The number of amides is 1. The van der Waals surface area contributed by atoms with Gasteiger partial charge in [-0.1, -0.05) is 45.0 Å². The van der Waals surface area contributed by atoms with E-state index in [0.717, 1.165) is 76.0 Å². The predicted molar refractivity (Wildman–Crippen MR) is 140 cm³/mol. The van der Waals surface area contributed by atoms with E-state index in [-0.39, 0.29) is 11.3 Å². The maximum absolute atomic E-state index is 13.3. The number of hydrogen-bond donors (Lipinski definition) is 0. The van der Waals surface area contributed by atoms with Crippen LogP contribution in [0.3, 0.4) is 0 Å². The summed E-state index contributed by atoms with van der Waals surface area (Å²) in [6, 6.07) is 9.45. The molecule has 1 aromatic carbocycles. The van der Waals surface area contributed by atoms with E-state index in [0.29, 0.717) is 17.8 Å². The van der Waals surface area contributed by atoms with E-state index >= 15 is 0 Å². The molecule has 0 radical (unpaired) electrons. The van der Waals surface area contributed by atoms with Crippen molar-refractivity contribution in [1.29, 1.82) is 0 Å². The molecule has 6 nitrogen and oxygen atoms in total. The molecule has 0 saturated carbocycles. The van der Waals surface area contributed by atoms with Gasteiger partial charge in [0.2, 0.25) is 0 Å². The Bertz CT molecular complexity index is 983. The van der Waals surface area contributed by atoms with Crippen molar-refractivity contribution in [3.05, 3.63) is 58.7 Å². The Morgan fingerprint density at radius 3 is 2.23 bits per heavy atom. The molecule has 6 heteroatoms. The number of carbonyl (C=O) groups excluding carboxylic acids is 1.